The number of carbonyl (C=O) groups excluding carboxylic acids is 1. The molecule has 5 nitrogen and oxygen atoms in total. The van der Waals surface area contributed by atoms with E-state index in [9.17, 15) is 4.79 Å². The molecular formula is C20H20N4O. The number of nitrogens with zero attached hydrogens (tertiary/aromatic N) is 3. The van der Waals surface area contributed by atoms with Crippen LogP contribution in [0, 0.1) is 0 Å². The average molecular weight is 332 g/mol. The van der Waals surface area contributed by atoms with Gasteiger partial charge >= 0.3 is 0 Å². The number of carbonyl (C=O) groups is 1. The Kier molecular flexibility index (Phi) is 5.36. The number of aromatic nitrogens is 2. The van der Waals surface area contributed by atoms with E-state index >= 15 is 0 Å². The van der Waals surface area contributed by atoms with Crippen molar-refractivity contribution in [3.63, 3.8) is 0 Å². The molecule has 3 rings (SSSR count). The van der Waals surface area contributed by atoms with Crippen LogP contribution in [-0.4, -0.2) is 27.8 Å². The van der Waals surface area contributed by atoms with E-state index in [4.69, 9.17) is 0 Å². The Morgan fingerprint density at radius 1 is 0.960 bits per heavy atom. The number of benzene rings is 2. The minimum atomic E-state index is -0.131. The maximum absolute atomic E-state index is 12.6. The van der Waals surface area contributed by atoms with Crippen molar-refractivity contribution in [2.24, 2.45) is 0 Å². The summed E-state index contributed by atoms with van der Waals surface area (Å²) in [5, 5.41) is 3.22. The summed E-state index contributed by atoms with van der Waals surface area (Å²) in [6, 6.07) is 21.6. The summed E-state index contributed by atoms with van der Waals surface area (Å²) in [4.78, 5) is 22.5. The molecule has 1 heterocycles. The number of anilines is 1. The summed E-state index contributed by atoms with van der Waals surface area (Å²) in [5.74, 6) is 0.504. The van der Waals surface area contributed by atoms with Crippen molar-refractivity contribution >= 4 is 11.7 Å². The first-order chi connectivity index (χ1) is 12.2. The Labute approximate surface area is 147 Å². The van der Waals surface area contributed by atoms with Crippen LogP contribution in [0.5, 0.6) is 0 Å². The van der Waals surface area contributed by atoms with Gasteiger partial charge in [0.25, 0.3) is 5.91 Å². The maximum atomic E-state index is 12.6. The molecule has 25 heavy (non-hydrogen) atoms. The molecule has 0 aliphatic heterocycles. The number of nitrogens with one attached hydrogen (secondary N) is 1. The molecule has 0 aliphatic carbocycles. The second-order valence-electron chi connectivity index (χ2n) is 5.77. The van der Waals surface area contributed by atoms with Gasteiger partial charge in [-0.15, -0.1) is 0 Å². The van der Waals surface area contributed by atoms with Crippen LogP contribution in [0.1, 0.15) is 21.6 Å². The molecule has 0 aliphatic rings. The monoisotopic (exact) mass is 332 g/mol. The van der Waals surface area contributed by atoms with Crippen molar-refractivity contribution in [3.05, 3.63) is 89.9 Å². The predicted octanol–water partition coefficient (Wildman–Crippen LogP) is 3.36. The van der Waals surface area contributed by atoms with Crippen molar-refractivity contribution in [1.82, 2.24) is 14.9 Å². The highest BCUT2D eigenvalue weighted by Crippen LogP contribution is 2.10. The molecule has 0 saturated carbocycles. The lowest BCUT2D eigenvalue weighted by Crippen LogP contribution is -2.27. The minimum Gasteiger partial charge on any atom is -0.366 e. The molecule has 2 aromatic carbocycles. The Morgan fingerprint density at radius 3 is 2.28 bits per heavy atom. The summed E-state index contributed by atoms with van der Waals surface area (Å²) in [7, 11) is 1.77. The number of hydrogen-bond acceptors (Lipinski definition) is 4. The Balaban J connectivity index is 1.64. The van der Waals surface area contributed by atoms with Crippen LogP contribution in [-0.2, 0) is 13.1 Å². The van der Waals surface area contributed by atoms with Gasteiger partial charge in [0, 0.05) is 26.2 Å². The zero-order chi connectivity index (χ0) is 17.5. The Morgan fingerprint density at radius 2 is 1.60 bits per heavy atom. The first-order valence-corrected chi connectivity index (χ1v) is 8.11. The van der Waals surface area contributed by atoms with Crippen LogP contribution < -0.4 is 5.32 Å². The van der Waals surface area contributed by atoms with Crippen molar-refractivity contribution in [3.8, 4) is 0 Å². The van der Waals surface area contributed by atoms with Gasteiger partial charge in [-0.3, -0.25) is 4.79 Å². The number of amides is 1. The lowest BCUT2D eigenvalue weighted by atomic mass is 10.2. The van der Waals surface area contributed by atoms with Crippen LogP contribution in [0.25, 0.3) is 0 Å². The van der Waals surface area contributed by atoms with Crippen LogP contribution in [0.4, 0.5) is 5.82 Å². The fourth-order valence-corrected chi connectivity index (χ4v) is 2.48. The molecule has 0 fully saturated rings. The molecule has 0 atom stereocenters. The smallest absolute Gasteiger partial charge is 0.272 e. The second kappa shape index (κ2) is 8.06. The highest BCUT2D eigenvalue weighted by Gasteiger charge is 2.14. The van der Waals surface area contributed by atoms with E-state index in [0.29, 0.717) is 24.6 Å². The molecule has 1 aromatic heterocycles. The van der Waals surface area contributed by atoms with Crippen molar-refractivity contribution in [1.29, 1.82) is 0 Å². The number of rotatable bonds is 6. The maximum Gasteiger partial charge on any atom is 0.272 e. The van der Waals surface area contributed by atoms with E-state index < -0.39 is 0 Å². The van der Waals surface area contributed by atoms with Gasteiger partial charge in [-0.1, -0.05) is 60.7 Å². The highest BCUT2D eigenvalue weighted by molar-refractivity contribution is 5.92. The van der Waals surface area contributed by atoms with Gasteiger partial charge in [0.05, 0.1) is 0 Å². The van der Waals surface area contributed by atoms with Crippen molar-refractivity contribution in [2.45, 2.75) is 13.1 Å². The fourth-order valence-electron chi connectivity index (χ4n) is 2.48. The topological polar surface area (TPSA) is 58.1 Å². The SMILES string of the molecule is CN(Cc1ccccc1)C(=O)c1cc(NCc2ccccc2)ncn1. The summed E-state index contributed by atoms with van der Waals surface area (Å²) in [5.41, 5.74) is 2.61. The zero-order valence-corrected chi connectivity index (χ0v) is 14.1. The molecule has 1 amide bonds. The minimum absolute atomic E-state index is 0.131. The summed E-state index contributed by atoms with van der Waals surface area (Å²) < 4.78 is 0. The van der Waals surface area contributed by atoms with E-state index in [1.165, 1.54) is 6.33 Å². The standard InChI is InChI=1S/C20H20N4O/c1-24(14-17-10-6-3-7-11-17)20(25)18-12-19(23-15-22-18)21-13-16-8-4-2-5-9-16/h2-12,15H,13-14H2,1H3,(H,21,22,23). The van der Waals surface area contributed by atoms with E-state index in [1.54, 1.807) is 18.0 Å². The Hall–Kier alpha value is -3.21. The van der Waals surface area contributed by atoms with Gasteiger partial charge in [0.2, 0.25) is 0 Å². The van der Waals surface area contributed by atoms with Gasteiger partial charge in [0.1, 0.15) is 17.8 Å². The molecule has 0 bridgehead atoms. The fraction of sp³-hybridized carbons (Fsp3) is 0.150. The van der Waals surface area contributed by atoms with E-state index in [1.807, 2.05) is 60.7 Å². The number of hydrogen-bond donors (Lipinski definition) is 1. The third-order valence-electron chi connectivity index (χ3n) is 3.81. The predicted molar refractivity (Wildman–Crippen MR) is 98.0 cm³/mol. The molecule has 0 unspecified atom stereocenters. The second-order valence-corrected chi connectivity index (χ2v) is 5.77. The molecule has 3 aromatic rings. The van der Waals surface area contributed by atoms with Crippen molar-refractivity contribution in [2.75, 3.05) is 12.4 Å². The molecule has 126 valence electrons. The van der Waals surface area contributed by atoms with Gasteiger partial charge in [-0.2, -0.15) is 0 Å². The Bertz CT molecular complexity index is 821. The van der Waals surface area contributed by atoms with Crippen molar-refractivity contribution < 1.29 is 4.79 Å². The quantitative estimate of drug-likeness (QED) is 0.752. The molecule has 0 saturated heterocycles. The van der Waals surface area contributed by atoms with Crippen LogP contribution >= 0.6 is 0 Å². The third-order valence-corrected chi connectivity index (χ3v) is 3.81. The average Bonchev–Trinajstić information content (AvgIpc) is 2.67. The first-order valence-electron chi connectivity index (χ1n) is 8.11. The van der Waals surface area contributed by atoms with Crippen LogP contribution in [0.2, 0.25) is 0 Å². The van der Waals surface area contributed by atoms with E-state index in [-0.39, 0.29) is 5.91 Å². The van der Waals surface area contributed by atoms with E-state index in [2.05, 4.69) is 15.3 Å². The first kappa shape index (κ1) is 16.6. The van der Waals surface area contributed by atoms with Crippen LogP contribution in [0.3, 0.4) is 0 Å². The van der Waals surface area contributed by atoms with Gasteiger partial charge < -0.3 is 10.2 Å². The summed E-state index contributed by atoms with van der Waals surface area (Å²) >= 11 is 0. The third kappa shape index (κ3) is 4.64. The summed E-state index contributed by atoms with van der Waals surface area (Å²) in [6.07, 6.45) is 1.41. The molecule has 0 radical (unpaired) electrons. The molecule has 1 N–H and O–H groups in total. The molecular weight excluding hydrogens is 312 g/mol. The zero-order valence-electron chi connectivity index (χ0n) is 14.1. The molecule has 5 heteroatoms. The lowest BCUT2D eigenvalue weighted by Gasteiger charge is -2.17. The largest absolute Gasteiger partial charge is 0.366 e. The van der Waals surface area contributed by atoms with Gasteiger partial charge in [0.15, 0.2) is 0 Å². The van der Waals surface area contributed by atoms with Gasteiger partial charge in [-0.25, -0.2) is 9.97 Å². The highest BCUT2D eigenvalue weighted by atomic mass is 16.2. The summed E-state index contributed by atoms with van der Waals surface area (Å²) in [6.45, 7) is 1.18. The van der Waals surface area contributed by atoms with Crippen LogP contribution in [0.15, 0.2) is 73.1 Å². The lowest BCUT2D eigenvalue weighted by molar-refractivity contribution is 0.0779. The van der Waals surface area contributed by atoms with E-state index in [0.717, 1.165) is 11.1 Å². The normalized spacial score (nSPS) is 10.3. The molecule has 0 spiro atoms. The van der Waals surface area contributed by atoms with Gasteiger partial charge in [-0.05, 0) is 11.1 Å².